The Morgan fingerprint density at radius 1 is 1.05 bits per heavy atom. The Labute approximate surface area is 116 Å². The lowest BCUT2D eigenvalue weighted by Gasteiger charge is -2.11. The second-order valence-corrected chi connectivity index (χ2v) is 4.68. The first-order chi connectivity index (χ1) is 9.24. The lowest BCUT2D eigenvalue weighted by Crippen LogP contribution is -1.99. The molecule has 0 atom stereocenters. The van der Waals surface area contributed by atoms with E-state index in [0.717, 1.165) is 11.1 Å². The van der Waals surface area contributed by atoms with E-state index in [9.17, 15) is 0 Å². The molecule has 0 saturated carbocycles. The predicted octanol–water partition coefficient (Wildman–Crippen LogP) is 4.21. The zero-order chi connectivity index (χ0) is 13.2. The number of hydrogen-bond acceptors (Lipinski definition) is 3. The van der Waals surface area contributed by atoms with Crippen LogP contribution < -0.4 is 11.1 Å². The summed E-state index contributed by atoms with van der Waals surface area (Å²) >= 11 is 5.84. The van der Waals surface area contributed by atoms with Crippen LogP contribution in [0, 0.1) is 0 Å². The van der Waals surface area contributed by atoms with Crippen molar-refractivity contribution in [2.24, 2.45) is 0 Å². The van der Waals surface area contributed by atoms with Gasteiger partial charge in [-0.3, -0.25) is 0 Å². The number of nitrogens with one attached hydrogen (secondary N) is 1. The fraction of sp³-hybridized carbons (Fsp3) is 0. The number of nitrogen functional groups attached to an aromatic ring is 1. The van der Waals surface area contributed by atoms with Crippen LogP contribution in [0.2, 0.25) is 5.02 Å². The fourth-order valence-corrected chi connectivity index (χ4v) is 2.19. The summed E-state index contributed by atoms with van der Waals surface area (Å²) in [4.78, 5) is 4.21. The number of hydrogen-bond donors (Lipinski definition) is 2. The molecule has 3 N–H and O–H groups in total. The molecule has 0 aliphatic carbocycles. The van der Waals surface area contributed by atoms with Crippen molar-refractivity contribution in [3.8, 4) is 0 Å². The van der Waals surface area contributed by atoms with E-state index >= 15 is 0 Å². The largest absolute Gasteiger partial charge is 0.396 e. The van der Waals surface area contributed by atoms with Gasteiger partial charge in [-0.15, -0.1) is 0 Å². The molecule has 0 saturated heterocycles. The van der Waals surface area contributed by atoms with Crippen LogP contribution in [-0.2, 0) is 0 Å². The molecule has 0 bridgehead atoms. The van der Waals surface area contributed by atoms with Gasteiger partial charge in [0, 0.05) is 17.3 Å². The molecule has 0 aliphatic heterocycles. The number of aromatic nitrogens is 1. The summed E-state index contributed by atoms with van der Waals surface area (Å²) in [5, 5.41) is 6.07. The van der Waals surface area contributed by atoms with Crippen molar-refractivity contribution in [1.82, 2.24) is 4.98 Å². The Morgan fingerprint density at radius 3 is 2.68 bits per heavy atom. The van der Waals surface area contributed by atoms with Gasteiger partial charge in [0.25, 0.3) is 0 Å². The summed E-state index contributed by atoms with van der Waals surface area (Å²) in [6.07, 6.45) is 1.57. The Morgan fingerprint density at radius 2 is 1.84 bits per heavy atom. The maximum absolute atomic E-state index is 5.90. The molecule has 3 aromatic rings. The first-order valence-electron chi connectivity index (χ1n) is 5.90. The zero-order valence-electron chi connectivity index (χ0n) is 10.1. The second-order valence-electron chi connectivity index (χ2n) is 4.24. The third-order valence-electron chi connectivity index (χ3n) is 2.93. The van der Waals surface area contributed by atoms with Gasteiger partial charge in [0.15, 0.2) is 5.82 Å². The number of anilines is 3. The predicted molar refractivity (Wildman–Crippen MR) is 80.9 cm³/mol. The minimum Gasteiger partial charge on any atom is -0.396 e. The SMILES string of the molecule is Nc1cc(Cl)cnc1Nc1cccc2ccccc12. The standard InChI is InChI=1S/C15H12ClN3/c16-11-8-13(17)15(18-9-11)19-14-7-3-5-10-4-1-2-6-12(10)14/h1-9H,17H2,(H,18,19). The van der Waals surface area contributed by atoms with Crippen molar-refractivity contribution >= 4 is 39.6 Å². The minimum atomic E-state index is 0.528. The van der Waals surface area contributed by atoms with E-state index in [-0.39, 0.29) is 0 Å². The number of nitrogens with two attached hydrogens (primary N) is 1. The summed E-state index contributed by atoms with van der Waals surface area (Å²) in [6, 6.07) is 15.9. The highest BCUT2D eigenvalue weighted by atomic mass is 35.5. The maximum atomic E-state index is 5.90. The molecule has 2 aromatic carbocycles. The third kappa shape index (κ3) is 2.33. The van der Waals surface area contributed by atoms with Gasteiger partial charge < -0.3 is 11.1 Å². The second kappa shape index (κ2) is 4.78. The third-order valence-corrected chi connectivity index (χ3v) is 3.13. The topological polar surface area (TPSA) is 50.9 Å². The normalized spacial score (nSPS) is 10.6. The quantitative estimate of drug-likeness (QED) is 0.732. The molecule has 0 spiro atoms. The van der Waals surface area contributed by atoms with E-state index in [4.69, 9.17) is 17.3 Å². The van der Waals surface area contributed by atoms with Crippen LogP contribution in [0.1, 0.15) is 0 Å². The van der Waals surface area contributed by atoms with E-state index < -0.39 is 0 Å². The van der Waals surface area contributed by atoms with Gasteiger partial charge in [-0.1, -0.05) is 48.0 Å². The first-order valence-corrected chi connectivity index (χ1v) is 6.27. The average molecular weight is 270 g/mol. The van der Waals surface area contributed by atoms with Crippen LogP contribution in [0.3, 0.4) is 0 Å². The lowest BCUT2D eigenvalue weighted by atomic mass is 10.1. The molecule has 3 rings (SSSR count). The van der Waals surface area contributed by atoms with E-state index in [1.807, 2.05) is 24.3 Å². The number of rotatable bonds is 2. The maximum Gasteiger partial charge on any atom is 0.153 e. The van der Waals surface area contributed by atoms with Crippen molar-refractivity contribution in [3.63, 3.8) is 0 Å². The van der Waals surface area contributed by atoms with Crippen LogP contribution in [0.15, 0.2) is 54.7 Å². The zero-order valence-corrected chi connectivity index (χ0v) is 10.9. The van der Waals surface area contributed by atoms with Gasteiger partial charge in [0.1, 0.15) is 0 Å². The van der Waals surface area contributed by atoms with Gasteiger partial charge in [-0.05, 0) is 17.5 Å². The van der Waals surface area contributed by atoms with Gasteiger partial charge in [-0.25, -0.2) is 4.98 Å². The molecular formula is C15H12ClN3. The molecule has 4 heteroatoms. The van der Waals surface area contributed by atoms with Crippen LogP contribution in [0.25, 0.3) is 10.8 Å². The number of nitrogens with zero attached hydrogens (tertiary/aromatic N) is 1. The van der Waals surface area contributed by atoms with E-state index in [1.165, 1.54) is 5.39 Å². The Balaban J connectivity index is 2.06. The summed E-state index contributed by atoms with van der Waals surface area (Å²) < 4.78 is 0. The van der Waals surface area contributed by atoms with Crippen molar-refractivity contribution in [1.29, 1.82) is 0 Å². The van der Waals surface area contributed by atoms with E-state index in [1.54, 1.807) is 12.3 Å². The highest BCUT2D eigenvalue weighted by molar-refractivity contribution is 6.30. The highest BCUT2D eigenvalue weighted by Gasteiger charge is 2.05. The molecule has 0 aliphatic rings. The summed E-state index contributed by atoms with van der Waals surface area (Å²) in [5.74, 6) is 0.612. The smallest absolute Gasteiger partial charge is 0.153 e. The fourth-order valence-electron chi connectivity index (χ4n) is 2.02. The van der Waals surface area contributed by atoms with E-state index in [0.29, 0.717) is 16.5 Å². The number of pyridine rings is 1. The molecular weight excluding hydrogens is 258 g/mol. The Kier molecular flexibility index (Phi) is 2.97. The molecule has 0 amide bonds. The van der Waals surface area contributed by atoms with Crippen LogP contribution >= 0.6 is 11.6 Å². The minimum absolute atomic E-state index is 0.528. The molecule has 94 valence electrons. The van der Waals surface area contributed by atoms with Gasteiger partial charge in [0.05, 0.1) is 10.7 Å². The molecule has 1 heterocycles. The molecule has 0 unspecified atom stereocenters. The van der Waals surface area contributed by atoms with Gasteiger partial charge >= 0.3 is 0 Å². The summed E-state index contributed by atoms with van der Waals surface area (Å²) in [5.41, 5.74) is 7.40. The molecule has 3 nitrogen and oxygen atoms in total. The van der Waals surface area contributed by atoms with Gasteiger partial charge in [0.2, 0.25) is 0 Å². The lowest BCUT2D eigenvalue weighted by molar-refractivity contribution is 1.31. The molecule has 0 radical (unpaired) electrons. The van der Waals surface area contributed by atoms with E-state index in [2.05, 4.69) is 28.5 Å². The van der Waals surface area contributed by atoms with Crippen LogP contribution in [-0.4, -0.2) is 4.98 Å². The van der Waals surface area contributed by atoms with Crippen molar-refractivity contribution in [3.05, 3.63) is 59.8 Å². The van der Waals surface area contributed by atoms with Crippen molar-refractivity contribution < 1.29 is 0 Å². The number of fused-ring (bicyclic) bond motifs is 1. The summed E-state index contributed by atoms with van der Waals surface area (Å²) in [7, 11) is 0. The van der Waals surface area contributed by atoms with Gasteiger partial charge in [-0.2, -0.15) is 0 Å². The van der Waals surface area contributed by atoms with Crippen LogP contribution in [0.4, 0.5) is 17.2 Å². The highest BCUT2D eigenvalue weighted by Crippen LogP contribution is 2.28. The molecule has 19 heavy (non-hydrogen) atoms. The first kappa shape index (κ1) is 11.8. The molecule has 0 fully saturated rings. The monoisotopic (exact) mass is 269 g/mol. The average Bonchev–Trinajstić information content (AvgIpc) is 2.42. The number of benzene rings is 2. The van der Waals surface area contributed by atoms with Crippen molar-refractivity contribution in [2.45, 2.75) is 0 Å². The Bertz CT molecular complexity index is 735. The number of halogens is 1. The molecule has 1 aromatic heterocycles. The Hall–Kier alpha value is -2.26. The van der Waals surface area contributed by atoms with Crippen LogP contribution in [0.5, 0.6) is 0 Å². The van der Waals surface area contributed by atoms with Crippen molar-refractivity contribution in [2.75, 3.05) is 11.1 Å². The summed E-state index contributed by atoms with van der Waals surface area (Å²) in [6.45, 7) is 0.